The molecule has 2 unspecified atom stereocenters. The summed E-state index contributed by atoms with van der Waals surface area (Å²) >= 11 is 0. The first kappa shape index (κ1) is 20.5. The second-order valence-corrected chi connectivity index (χ2v) is 8.87. The van der Waals surface area contributed by atoms with Gasteiger partial charge in [-0.3, -0.25) is 4.79 Å². The molecule has 2 atom stereocenters. The Morgan fingerprint density at radius 2 is 1.89 bits per heavy atom. The Hall–Kier alpha value is -2.22. The zero-order valence-electron chi connectivity index (χ0n) is 16.3. The van der Waals surface area contributed by atoms with E-state index < -0.39 is 10.0 Å². The Balaban J connectivity index is 1.91. The molecule has 3 N–H and O–H groups in total. The first-order valence-corrected chi connectivity index (χ1v) is 10.9. The van der Waals surface area contributed by atoms with Crippen molar-refractivity contribution in [1.29, 1.82) is 0 Å². The summed E-state index contributed by atoms with van der Waals surface area (Å²) in [5.41, 5.74) is 3.36. The number of anilines is 1. The Morgan fingerprint density at radius 1 is 1.21 bits per heavy atom. The summed E-state index contributed by atoms with van der Waals surface area (Å²) in [6.07, 6.45) is 0.400. The molecule has 1 heterocycles. The Labute approximate surface area is 166 Å². The van der Waals surface area contributed by atoms with Crippen LogP contribution in [0.2, 0.25) is 0 Å². The van der Waals surface area contributed by atoms with Crippen LogP contribution in [0.15, 0.2) is 47.4 Å². The van der Waals surface area contributed by atoms with Crippen LogP contribution in [0.4, 0.5) is 5.69 Å². The molecule has 7 heteroatoms. The highest BCUT2D eigenvalue weighted by molar-refractivity contribution is 7.89. The molecule has 1 aliphatic rings. The van der Waals surface area contributed by atoms with Crippen LogP contribution in [-0.2, 0) is 14.8 Å². The van der Waals surface area contributed by atoms with E-state index in [9.17, 15) is 13.2 Å². The molecule has 6 nitrogen and oxygen atoms in total. The molecule has 0 radical (unpaired) electrons. The number of ether oxygens (including phenoxy) is 1. The van der Waals surface area contributed by atoms with E-state index in [0.29, 0.717) is 18.6 Å². The maximum atomic E-state index is 12.2. The normalized spacial score (nSPS) is 19.2. The second kappa shape index (κ2) is 8.03. The second-order valence-electron chi connectivity index (χ2n) is 7.31. The zero-order chi connectivity index (χ0) is 20.5. The van der Waals surface area contributed by atoms with E-state index in [1.807, 2.05) is 45.0 Å². The van der Waals surface area contributed by atoms with Gasteiger partial charge in [0.2, 0.25) is 10.0 Å². The average molecular weight is 403 g/mol. The minimum atomic E-state index is -3.78. The van der Waals surface area contributed by atoms with E-state index in [1.165, 1.54) is 6.07 Å². The van der Waals surface area contributed by atoms with E-state index in [-0.39, 0.29) is 28.7 Å². The lowest BCUT2D eigenvalue weighted by Crippen LogP contribution is -2.24. The van der Waals surface area contributed by atoms with Crippen molar-refractivity contribution in [2.24, 2.45) is 11.1 Å². The first-order valence-electron chi connectivity index (χ1n) is 9.39. The van der Waals surface area contributed by atoms with Gasteiger partial charge >= 0.3 is 0 Å². The molecule has 0 fully saturated rings. The zero-order valence-corrected chi connectivity index (χ0v) is 17.1. The van der Waals surface area contributed by atoms with Crippen molar-refractivity contribution in [2.75, 3.05) is 11.9 Å². The maximum absolute atomic E-state index is 12.2. The number of ketones is 1. The molecule has 0 spiro atoms. The van der Waals surface area contributed by atoms with Gasteiger partial charge in [-0.2, -0.15) is 0 Å². The SMILES string of the molecule is CCOC1CC(c2ccc(C(=O)C(C)C)cc2)Nc2ccc(S(N)(=O)=O)cc21. The number of benzene rings is 2. The summed E-state index contributed by atoms with van der Waals surface area (Å²) in [4.78, 5) is 12.2. The van der Waals surface area contributed by atoms with Gasteiger partial charge in [0, 0.05) is 35.8 Å². The van der Waals surface area contributed by atoms with Gasteiger partial charge in [-0.15, -0.1) is 0 Å². The number of nitrogens with one attached hydrogen (secondary N) is 1. The number of carbonyl (C=O) groups is 1. The number of rotatable bonds is 6. The molecule has 0 saturated heterocycles. The third-order valence-electron chi connectivity index (χ3n) is 4.97. The van der Waals surface area contributed by atoms with Gasteiger partial charge in [0.25, 0.3) is 0 Å². The highest BCUT2D eigenvalue weighted by Crippen LogP contribution is 2.41. The largest absolute Gasteiger partial charge is 0.378 e. The van der Waals surface area contributed by atoms with Crippen molar-refractivity contribution >= 4 is 21.5 Å². The number of carbonyl (C=O) groups excluding carboxylic acids is 1. The van der Waals surface area contributed by atoms with E-state index in [1.54, 1.807) is 12.1 Å². The van der Waals surface area contributed by atoms with E-state index >= 15 is 0 Å². The molecule has 1 aliphatic heterocycles. The molecule has 28 heavy (non-hydrogen) atoms. The van der Waals surface area contributed by atoms with E-state index in [2.05, 4.69) is 5.32 Å². The number of primary sulfonamides is 1. The predicted octanol–water partition coefficient (Wildman–Crippen LogP) is 3.81. The minimum Gasteiger partial charge on any atom is -0.378 e. The van der Waals surface area contributed by atoms with Crippen LogP contribution in [0.25, 0.3) is 0 Å². The van der Waals surface area contributed by atoms with Crippen molar-refractivity contribution in [1.82, 2.24) is 0 Å². The van der Waals surface area contributed by atoms with Gasteiger partial charge in [-0.05, 0) is 30.7 Å². The summed E-state index contributed by atoms with van der Waals surface area (Å²) < 4.78 is 29.3. The van der Waals surface area contributed by atoms with Crippen LogP contribution in [0, 0.1) is 5.92 Å². The molecular formula is C21H26N2O4S. The molecular weight excluding hydrogens is 376 g/mol. The Kier molecular flexibility index (Phi) is 5.88. The van der Waals surface area contributed by atoms with Crippen molar-refractivity contribution in [3.05, 3.63) is 59.2 Å². The smallest absolute Gasteiger partial charge is 0.238 e. The Bertz CT molecular complexity index is 968. The number of nitrogens with two attached hydrogens (primary N) is 1. The van der Waals surface area contributed by atoms with Gasteiger partial charge in [-0.25, -0.2) is 13.6 Å². The quantitative estimate of drug-likeness (QED) is 0.716. The van der Waals surface area contributed by atoms with Crippen LogP contribution in [0.5, 0.6) is 0 Å². The summed E-state index contributed by atoms with van der Waals surface area (Å²) in [5, 5.41) is 8.72. The van der Waals surface area contributed by atoms with Crippen LogP contribution in [0.3, 0.4) is 0 Å². The van der Waals surface area contributed by atoms with Gasteiger partial charge in [0.15, 0.2) is 5.78 Å². The lowest BCUT2D eigenvalue weighted by Gasteiger charge is -2.33. The van der Waals surface area contributed by atoms with Crippen molar-refractivity contribution in [2.45, 2.75) is 44.2 Å². The van der Waals surface area contributed by atoms with Crippen molar-refractivity contribution in [3.8, 4) is 0 Å². The third-order valence-corrected chi connectivity index (χ3v) is 5.88. The van der Waals surface area contributed by atoms with Crippen LogP contribution < -0.4 is 10.5 Å². The Morgan fingerprint density at radius 3 is 2.46 bits per heavy atom. The summed E-state index contributed by atoms with van der Waals surface area (Å²) in [6.45, 7) is 6.20. The molecule has 0 bridgehead atoms. The van der Waals surface area contributed by atoms with Gasteiger partial charge in [0.05, 0.1) is 17.0 Å². The highest BCUT2D eigenvalue weighted by Gasteiger charge is 2.29. The van der Waals surface area contributed by atoms with Crippen molar-refractivity contribution < 1.29 is 17.9 Å². The molecule has 3 rings (SSSR count). The fourth-order valence-electron chi connectivity index (χ4n) is 3.49. The number of sulfonamides is 1. The lowest BCUT2D eigenvalue weighted by molar-refractivity contribution is 0.0497. The standard InChI is InChI=1S/C21H26N2O4S/c1-4-27-20-12-19(14-5-7-15(8-6-14)21(24)13(2)3)23-18-10-9-16(11-17(18)20)28(22,25)26/h5-11,13,19-20,23H,4,12H2,1-3H3,(H2,22,25,26). The average Bonchev–Trinajstić information content (AvgIpc) is 2.66. The number of Topliss-reactive ketones (excluding diaryl/α,β-unsaturated/α-hetero) is 1. The predicted molar refractivity (Wildman–Crippen MR) is 109 cm³/mol. The van der Waals surface area contributed by atoms with Gasteiger partial charge < -0.3 is 10.1 Å². The van der Waals surface area contributed by atoms with E-state index in [0.717, 1.165) is 16.8 Å². The fourth-order valence-corrected chi connectivity index (χ4v) is 4.04. The van der Waals surface area contributed by atoms with Crippen LogP contribution in [-0.4, -0.2) is 20.8 Å². The number of fused-ring (bicyclic) bond motifs is 1. The summed E-state index contributed by atoms with van der Waals surface area (Å²) in [5.74, 6) is 0.0807. The van der Waals surface area contributed by atoms with Gasteiger partial charge in [0.1, 0.15) is 0 Å². The molecule has 2 aromatic rings. The molecule has 0 saturated carbocycles. The molecule has 0 aromatic heterocycles. The summed E-state index contributed by atoms with van der Waals surface area (Å²) in [6, 6.07) is 12.4. The number of hydrogen-bond donors (Lipinski definition) is 2. The lowest BCUT2D eigenvalue weighted by atomic mass is 9.90. The first-order chi connectivity index (χ1) is 13.2. The minimum absolute atomic E-state index is 0.00687. The van der Waals surface area contributed by atoms with Crippen LogP contribution in [0.1, 0.15) is 60.8 Å². The third kappa shape index (κ3) is 4.27. The molecule has 0 amide bonds. The topological polar surface area (TPSA) is 98.5 Å². The molecule has 150 valence electrons. The van der Waals surface area contributed by atoms with Crippen LogP contribution >= 0.6 is 0 Å². The highest BCUT2D eigenvalue weighted by atomic mass is 32.2. The fraction of sp³-hybridized carbons (Fsp3) is 0.381. The molecule has 2 aromatic carbocycles. The molecule has 0 aliphatic carbocycles. The number of hydrogen-bond acceptors (Lipinski definition) is 5. The van der Waals surface area contributed by atoms with E-state index in [4.69, 9.17) is 9.88 Å². The monoisotopic (exact) mass is 402 g/mol. The summed E-state index contributed by atoms with van der Waals surface area (Å²) in [7, 11) is -3.78. The van der Waals surface area contributed by atoms with Crippen molar-refractivity contribution in [3.63, 3.8) is 0 Å². The van der Waals surface area contributed by atoms with Gasteiger partial charge in [-0.1, -0.05) is 38.1 Å². The maximum Gasteiger partial charge on any atom is 0.238 e.